The Morgan fingerprint density at radius 3 is 1.12 bits per heavy atom. The number of allylic oxidation sites excluding steroid dienone is 2. The quantitative estimate of drug-likeness (QED) is 0.0195. The van der Waals surface area contributed by atoms with E-state index in [1.165, 1.54) is 193 Å². The molecule has 9 heteroatoms. The predicted molar refractivity (Wildman–Crippen MR) is 274 cm³/mol. The monoisotopic (exact) mass is 936 g/mol. The number of rotatable bonds is 53. The lowest BCUT2D eigenvalue weighted by Gasteiger charge is -2.26. The summed E-state index contributed by atoms with van der Waals surface area (Å²) in [6, 6.07) is 0. The summed E-state index contributed by atoms with van der Waals surface area (Å²) in [5.74, 6) is -2.27. The molecular formula is C57H109NO8. The van der Waals surface area contributed by atoms with Gasteiger partial charge in [-0.25, -0.2) is 0 Å². The lowest BCUT2D eigenvalue weighted by atomic mass is 10.0. The van der Waals surface area contributed by atoms with Crippen LogP contribution in [-0.2, 0) is 33.3 Å². The van der Waals surface area contributed by atoms with Crippen LogP contribution >= 0.6 is 0 Å². The van der Waals surface area contributed by atoms with Gasteiger partial charge < -0.3 is 33.3 Å². The predicted octanol–water partition coefficient (Wildman–Crippen LogP) is 14.8. The number of nitrogens with zero attached hydrogens (tertiary/aromatic N) is 1. The molecule has 0 amide bonds. The van der Waals surface area contributed by atoms with Crippen LogP contribution in [0.2, 0.25) is 0 Å². The van der Waals surface area contributed by atoms with Gasteiger partial charge in [-0.05, 0) is 38.5 Å². The van der Waals surface area contributed by atoms with Crippen LogP contribution in [0.5, 0.6) is 0 Å². The minimum atomic E-state index is -1.62. The smallest absolute Gasteiger partial charge is 0.306 e. The summed E-state index contributed by atoms with van der Waals surface area (Å²) >= 11 is 0. The molecule has 0 bridgehead atoms. The van der Waals surface area contributed by atoms with Crippen molar-refractivity contribution in [3.63, 3.8) is 0 Å². The minimum absolute atomic E-state index is 0.150. The molecule has 0 spiro atoms. The van der Waals surface area contributed by atoms with Gasteiger partial charge in [0.25, 0.3) is 0 Å². The molecule has 390 valence electrons. The number of carboxylic acid groups (broad SMARTS) is 1. The van der Waals surface area contributed by atoms with E-state index >= 15 is 0 Å². The number of carbonyl (C=O) groups excluding carboxylic acids is 3. The zero-order chi connectivity index (χ0) is 48.4. The summed E-state index contributed by atoms with van der Waals surface area (Å²) in [6.45, 7) is 4.78. The van der Waals surface area contributed by atoms with E-state index < -0.39 is 24.3 Å². The molecule has 0 rings (SSSR count). The number of likely N-dealkylation sites (N-methyl/N-ethyl adjacent to an activating group) is 1. The first-order chi connectivity index (χ1) is 32.1. The fourth-order valence-electron chi connectivity index (χ4n) is 8.36. The number of carboxylic acids is 1. The molecule has 0 radical (unpaired) electrons. The SMILES string of the molecule is CCCCCCCC/C=C\CCCCCCCC(=O)OC(COC(=O)CCCCCCCCCCCCCCCCCCCCCCCCCCCC)COC(OCC[N+](C)(C)C)C(=O)[O-]. The zero-order valence-electron chi connectivity index (χ0n) is 44.3. The number of aliphatic carboxylic acids is 1. The van der Waals surface area contributed by atoms with Crippen LogP contribution in [0.25, 0.3) is 0 Å². The van der Waals surface area contributed by atoms with Crippen LogP contribution in [0.15, 0.2) is 12.2 Å². The molecule has 0 aliphatic carbocycles. The molecule has 0 fully saturated rings. The van der Waals surface area contributed by atoms with E-state index in [0.717, 1.165) is 51.4 Å². The molecule has 66 heavy (non-hydrogen) atoms. The summed E-state index contributed by atoms with van der Waals surface area (Å²) in [5.41, 5.74) is 0. The second-order valence-electron chi connectivity index (χ2n) is 20.6. The molecule has 0 aromatic carbocycles. The molecule has 0 aliphatic heterocycles. The van der Waals surface area contributed by atoms with Crippen LogP contribution < -0.4 is 5.11 Å². The van der Waals surface area contributed by atoms with E-state index in [-0.39, 0.29) is 32.2 Å². The second kappa shape index (κ2) is 49.5. The summed E-state index contributed by atoms with van der Waals surface area (Å²) in [4.78, 5) is 37.2. The Labute approximate surface area is 408 Å². The number of hydrogen-bond donors (Lipinski definition) is 0. The number of ether oxygens (including phenoxy) is 4. The van der Waals surface area contributed by atoms with Gasteiger partial charge in [0, 0.05) is 12.8 Å². The van der Waals surface area contributed by atoms with E-state index in [2.05, 4.69) is 26.0 Å². The highest BCUT2D eigenvalue weighted by atomic mass is 16.7. The third-order valence-corrected chi connectivity index (χ3v) is 12.8. The standard InChI is InChI=1S/C57H109NO8/c1-6-8-10-12-14-16-18-20-22-23-24-25-26-27-28-29-30-31-32-34-35-37-39-41-43-45-47-54(59)64-51-53(52-65-57(56(61)62)63-50-49-58(3,4)5)66-55(60)48-46-44-42-40-38-36-33-21-19-17-15-13-11-9-7-2/h21,33,53,57H,6-20,22-32,34-52H2,1-5H3/b33-21-. The Morgan fingerprint density at radius 2 is 0.773 bits per heavy atom. The molecule has 0 heterocycles. The van der Waals surface area contributed by atoms with Crippen molar-refractivity contribution in [3.05, 3.63) is 12.2 Å². The van der Waals surface area contributed by atoms with Crippen molar-refractivity contribution in [3.8, 4) is 0 Å². The average molecular weight is 936 g/mol. The molecular weight excluding hydrogens is 827 g/mol. The summed E-state index contributed by atoms with van der Waals surface area (Å²) < 4.78 is 22.7. The molecule has 0 N–H and O–H groups in total. The Hall–Kier alpha value is -1.97. The van der Waals surface area contributed by atoms with Gasteiger partial charge in [0.05, 0.1) is 40.3 Å². The van der Waals surface area contributed by atoms with Crippen LogP contribution in [-0.4, -0.2) is 82.3 Å². The number of esters is 2. The van der Waals surface area contributed by atoms with Gasteiger partial charge in [0.1, 0.15) is 13.2 Å². The van der Waals surface area contributed by atoms with Gasteiger partial charge in [-0.2, -0.15) is 0 Å². The van der Waals surface area contributed by atoms with Crippen LogP contribution in [0.4, 0.5) is 0 Å². The maximum Gasteiger partial charge on any atom is 0.306 e. The molecule has 0 aromatic heterocycles. The lowest BCUT2D eigenvalue weighted by Crippen LogP contribution is -2.44. The zero-order valence-corrected chi connectivity index (χ0v) is 44.3. The third kappa shape index (κ3) is 49.9. The van der Waals surface area contributed by atoms with Gasteiger partial charge in [0.2, 0.25) is 0 Å². The number of quaternary nitrogens is 1. The van der Waals surface area contributed by atoms with Crippen LogP contribution in [0.3, 0.4) is 0 Å². The largest absolute Gasteiger partial charge is 0.545 e. The van der Waals surface area contributed by atoms with E-state index in [1.807, 2.05) is 21.1 Å². The van der Waals surface area contributed by atoms with Gasteiger partial charge in [0.15, 0.2) is 12.4 Å². The van der Waals surface area contributed by atoms with Gasteiger partial charge in [-0.3, -0.25) is 9.59 Å². The molecule has 0 saturated heterocycles. The maximum absolute atomic E-state index is 12.8. The fraction of sp³-hybridized carbons (Fsp3) is 0.912. The minimum Gasteiger partial charge on any atom is -0.545 e. The normalized spacial score (nSPS) is 12.8. The van der Waals surface area contributed by atoms with Crippen molar-refractivity contribution >= 4 is 17.9 Å². The number of unbranched alkanes of at least 4 members (excludes halogenated alkanes) is 36. The number of hydrogen-bond acceptors (Lipinski definition) is 8. The van der Waals surface area contributed by atoms with Crippen molar-refractivity contribution in [2.75, 3.05) is 47.5 Å². The first kappa shape index (κ1) is 64.0. The molecule has 0 aliphatic rings. The van der Waals surface area contributed by atoms with Crippen molar-refractivity contribution in [2.45, 2.75) is 289 Å². The Bertz CT molecular complexity index is 1090. The van der Waals surface area contributed by atoms with E-state index in [9.17, 15) is 19.5 Å². The van der Waals surface area contributed by atoms with Gasteiger partial charge >= 0.3 is 11.9 Å². The van der Waals surface area contributed by atoms with Crippen LogP contribution in [0, 0.1) is 0 Å². The fourth-order valence-corrected chi connectivity index (χ4v) is 8.36. The molecule has 9 nitrogen and oxygen atoms in total. The van der Waals surface area contributed by atoms with Crippen molar-refractivity contribution in [1.82, 2.24) is 0 Å². The molecule has 0 aromatic rings. The van der Waals surface area contributed by atoms with Gasteiger partial charge in [-0.15, -0.1) is 0 Å². The third-order valence-electron chi connectivity index (χ3n) is 12.8. The second-order valence-corrected chi connectivity index (χ2v) is 20.6. The van der Waals surface area contributed by atoms with E-state index in [1.54, 1.807) is 0 Å². The summed E-state index contributed by atoms with van der Waals surface area (Å²) in [5, 5.41) is 11.7. The summed E-state index contributed by atoms with van der Waals surface area (Å²) in [7, 11) is 5.92. The van der Waals surface area contributed by atoms with E-state index in [4.69, 9.17) is 18.9 Å². The maximum atomic E-state index is 12.8. The van der Waals surface area contributed by atoms with Crippen molar-refractivity contribution in [1.29, 1.82) is 0 Å². The Kier molecular flexibility index (Phi) is 48.0. The first-order valence-electron chi connectivity index (χ1n) is 28.3. The molecule has 0 saturated carbocycles. The first-order valence-corrected chi connectivity index (χ1v) is 28.3. The molecule has 2 atom stereocenters. The highest BCUT2D eigenvalue weighted by Crippen LogP contribution is 2.17. The summed E-state index contributed by atoms with van der Waals surface area (Å²) in [6.07, 6.45) is 52.6. The Balaban J connectivity index is 4.15. The number of carbonyl (C=O) groups is 3. The lowest BCUT2D eigenvalue weighted by molar-refractivity contribution is -0.870. The molecule has 2 unspecified atom stereocenters. The highest BCUT2D eigenvalue weighted by molar-refractivity contribution is 5.70. The van der Waals surface area contributed by atoms with Crippen molar-refractivity contribution in [2.24, 2.45) is 0 Å². The van der Waals surface area contributed by atoms with E-state index in [0.29, 0.717) is 23.9 Å². The Morgan fingerprint density at radius 1 is 0.439 bits per heavy atom. The van der Waals surface area contributed by atoms with Crippen LogP contribution in [0.1, 0.15) is 277 Å². The highest BCUT2D eigenvalue weighted by Gasteiger charge is 2.22. The average Bonchev–Trinajstić information content (AvgIpc) is 3.28. The van der Waals surface area contributed by atoms with Gasteiger partial charge in [-0.1, -0.05) is 238 Å². The topological polar surface area (TPSA) is 111 Å². The van der Waals surface area contributed by atoms with Crippen molar-refractivity contribution < 1.29 is 42.9 Å².